The van der Waals surface area contributed by atoms with Crippen LogP contribution in [0.2, 0.25) is 5.02 Å². The lowest BCUT2D eigenvalue weighted by molar-refractivity contribution is 0.112. The first kappa shape index (κ1) is 8.76. The van der Waals surface area contributed by atoms with Crippen LogP contribution in [0.3, 0.4) is 0 Å². The highest BCUT2D eigenvalue weighted by atomic mass is 35.5. The molecule has 68 valence electrons. The van der Waals surface area contributed by atoms with Crippen LogP contribution in [0.4, 0.5) is 0 Å². The summed E-state index contributed by atoms with van der Waals surface area (Å²) in [5.74, 6) is 0.848. The Morgan fingerprint density at radius 3 is 2.85 bits per heavy atom. The van der Waals surface area contributed by atoms with E-state index in [-0.39, 0.29) is 0 Å². The summed E-state index contributed by atoms with van der Waals surface area (Å²) >= 11 is 5.82. The van der Waals surface area contributed by atoms with E-state index in [1.807, 2.05) is 18.2 Å². The Hall–Kier alpha value is -0.820. The molecule has 0 N–H and O–H groups in total. The van der Waals surface area contributed by atoms with Crippen molar-refractivity contribution >= 4 is 17.9 Å². The molecule has 2 rings (SSSR count). The molecule has 0 radical (unpaired) electrons. The monoisotopic (exact) mass is 194 g/mol. The summed E-state index contributed by atoms with van der Waals surface area (Å²) in [6.45, 7) is 0. The number of hydrogen-bond donors (Lipinski definition) is 0. The van der Waals surface area contributed by atoms with E-state index in [1.165, 1.54) is 18.4 Å². The van der Waals surface area contributed by atoms with Crippen LogP contribution in [0.1, 0.15) is 28.8 Å². The maximum absolute atomic E-state index is 10.6. The molecule has 1 nitrogen and oxygen atoms in total. The number of hydrogen-bond acceptors (Lipinski definition) is 1. The maximum Gasteiger partial charge on any atom is 0.151 e. The Morgan fingerprint density at radius 1 is 1.46 bits per heavy atom. The fraction of sp³-hybridized carbons (Fsp3) is 0.364. The van der Waals surface area contributed by atoms with Gasteiger partial charge in [-0.25, -0.2) is 0 Å². The van der Waals surface area contributed by atoms with Crippen LogP contribution in [0, 0.1) is 5.92 Å². The van der Waals surface area contributed by atoms with Crippen molar-refractivity contribution in [1.29, 1.82) is 0 Å². The Kier molecular flexibility index (Phi) is 2.36. The molecule has 0 spiro atoms. The van der Waals surface area contributed by atoms with Gasteiger partial charge in [0.25, 0.3) is 0 Å². The fourth-order valence-corrected chi connectivity index (χ4v) is 1.63. The van der Waals surface area contributed by atoms with Crippen molar-refractivity contribution in [1.82, 2.24) is 0 Å². The van der Waals surface area contributed by atoms with Gasteiger partial charge < -0.3 is 0 Å². The van der Waals surface area contributed by atoms with Crippen LogP contribution in [-0.4, -0.2) is 6.29 Å². The Morgan fingerprint density at radius 2 is 2.23 bits per heavy atom. The van der Waals surface area contributed by atoms with E-state index in [1.54, 1.807) is 0 Å². The largest absolute Gasteiger partial charge is 0.298 e. The highest BCUT2D eigenvalue weighted by Gasteiger charge is 2.21. The molecule has 1 aromatic carbocycles. The minimum absolute atomic E-state index is 0.551. The van der Waals surface area contributed by atoms with Crippen LogP contribution in [0.5, 0.6) is 0 Å². The molecule has 1 fully saturated rings. The van der Waals surface area contributed by atoms with E-state index in [0.29, 0.717) is 10.6 Å². The van der Waals surface area contributed by atoms with Crippen LogP contribution < -0.4 is 0 Å². The van der Waals surface area contributed by atoms with E-state index in [9.17, 15) is 4.79 Å². The van der Waals surface area contributed by atoms with Crippen LogP contribution in [0.15, 0.2) is 18.2 Å². The molecule has 13 heavy (non-hydrogen) atoms. The van der Waals surface area contributed by atoms with Gasteiger partial charge in [0, 0.05) is 5.56 Å². The predicted octanol–water partition coefficient (Wildman–Crippen LogP) is 3.11. The average Bonchev–Trinajstić information content (AvgIpc) is 2.92. The third-order valence-electron chi connectivity index (χ3n) is 2.41. The summed E-state index contributed by atoms with van der Waals surface area (Å²) in [5, 5.41) is 0.551. The highest BCUT2D eigenvalue weighted by molar-refractivity contribution is 6.32. The standard InChI is InChI=1S/C11H11ClO/c12-11-4-3-9(5-8-1-2-8)6-10(11)7-13/h3-4,6-8H,1-2,5H2. The number of benzene rings is 1. The summed E-state index contributed by atoms with van der Waals surface area (Å²) in [7, 11) is 0. The first-order chi connectivity index (χ1) is 6.29. The summed E-state index contributed by atoms with van der Waals surface area (Å²) in [6, 6.07) is 5.71. The second kappa shape index (κ2) is 3.51. The molecule has 2 heteroatoms. The molecule has 1 aliphatic carbocycles. The highest BCUT2D eigenvalue weighted by Crippen LogP contribution is 2.33. The molecular formula is C11H11ClO. The van der Waals surface area contributed by atoms with Gasteiger partial charge in [-0.15, -0.1) is 0 Å². The predicted molar refractivity (Wildman–Crippen MR) is 53.3 cm³/mol. The first-order valence-electron chi connectivity index (χ1n) is 4.53. The molecule has 0 unspecified atom stereocenters. The minimum atomic E-state index is 0.551. The van der Waals surface area contributed by atoms with Crippen molar-refractivity contribution in [2.75, 3.05) is 0 Å². The third-order valence-corrected chi connectivity index (χ3v) is 2.75. The zero-order chi connectivity index (χ0) is 9.26. The van der Waals surface area contributed by atoms with Crippen LogP contribution in [0.25, 0.3) is 0 Å². The van der Waals surface area contributed by atoms with Gasteiger partial charge in [-0.1, -0.05) is 17.7 Å². The van der Waals surface area contributed by atoms with Crippen molar-refractivity contribution in [3.63, 3.8) is 0 Å². The molecule has 0 amide bonds. The minimum Gasteiger partial charge on any atom is -0.298 e. The molecule has 0 heterocycles. The smallest absolute Gasteiger partial charge is 0.151 e. The van der Waals surface area contributed by atoms with Gasteiger partial charge in [-0.2, -0.15) is 0 Å². The molecule has 1 aliphatic rings. The zero-order valence-corrected chi connectivity index (χ0v) is 8.05. The summed E-state index contributed by atoms with van der Waals surface area (Å²) in [4.78, 5) is 10.6. The molecule has 1 saturated carbocycles. The van der Waals surface area contributed by atoms with E-state index < -0.39 is 0 Å². The zero-order valence-electron chi connectivity index (χ0n) is 7.29. The van der Waals surface area contributed by atoms with E-state index in [2.05, 4.69) is 0 Å². The lowest BCUT2D eigenvalue weighted by Gasteiger charge is -2.01. The molecule has 0 saturated heterocycles. The topological polar surface area (TPSA) is 17.1 Å². The number of halogens is 1. The number of carbonyl (C=O) groups excluding carboxylic acids is 1. The van der Waals surface area contributed by atoms with Gasteiger partial charge >= 0.3 is 0 Å². The van der Waals surface area contributed by atoms with Crippen LogP contribution >= 0.6 is 11.6 Å². The summed E-state index contributed by atoms with van der Waals surface area (Å²) in [6.07, 6.45) is 4.58. The number of rotatable bonds is 3. The van der Waals surface area contributed by atoms with Crippen molar-refractivity contribution in [3.8, 4) is 0 Å². The lowest BCUT2D eigenvalue weighted by Crippen LogP contribution is -1.90. The Bertz CT molecular complexity index is 329. The first-order valence-corrected chi connectivity index (χ1v) is 4.91. The van der Waals surface area contributed by atoms with Gasteiger partial charge in [0.05, 0.1) is 5.02 Å². The maximum atomic E-state index is 10.6. The van der Waals surface area contributed by atoms with Gasteiger partial charge in [0.1, 0.15) is 0 Å². The normalized spacial score (nSPS) is 15.8. The van der Waals surface area contributed by atoms with Gasteiger partial charge in [0.15, 0.2) is 6.29 Å². The van der Waals surface area contributed by atoms with Crippen molar-refractivity contribution in [2.24, 2.45) is 5.92 Å². The molecule has 1 aromatic rings. The number of aldehydes is 1. The summed E-state index contributed by atoms with van der Waals surface area (Å²) < 4.78 is 0. The summed E-state index contributed by atoms with van der Waals surface area (Å²) in [5.41, 5.74) is 1.84. The molecule has 0 aromatic heterocycles. The molecule has 0 atom stereocenters. The molecule has 0 aliphatic heterocycles. The van der Waals surface area contributed by atoms with Crippen LogP contribution in [-0.2, 0) is 6.42 Å². The Labute approximate surface area is 82.7 Å². The van der Waals surface area contributed by atoms with Crippen molar-refractivity contribution in [2.45, 2.75) is 19.3 Å². The van der Waals surface area contributed by atoms with Gasteiger partial charge in [-0.05, 0) is 42.9 Å². The number of carbonyl (C=O) groups is 1. The third kappa shape index (κ3) is 2.10. The van der Waals surface area contributed by atoms with E-state index in [0.717, 1.165) is 18.6 Å². The Balaban J connectivity index is 2.20. The second-order valence-corrected chi connectivity index (χ2v) is 4.03. The van der Waals surface area contributed by atoms with E-state index in [4.69, 9.17) is 11.6 Å². The lowest BCUT2D eigenvalue weighted by atomic mass is 10.1. The molecule has 0 bridgehead atoms. The van der Waals surface area contributed by atoms with Gasteiger partial charge in [0.2, 0.25) is 0 Å². The second-order valence-electron chi connectivity index (χ2n) is 3.62. The SMILES string of the molecule is O=Cc1cc(CC2CC2)ccc1Cl. The van der Waals surface area contributed by atoms with E-state index >= 15 is 0 Å². The fourth-order valence-electron chi connectivity index (χ4n) is 1.47. The average molecular weight is 195 g/mol. The van der Waals surface area contributed by atoms with Crippen molar-refractivity contribution in [3.05, 3.63) is 34.3 Å². The molecular weight excluding hydrogens is 184 g/mol. The van der Waals surface area contributed by atoms with Crippen molar-refractivity contribution < 1.29 is 4.79 Å². The van der Waals surface area contributed by atoms with Gasteiger partial charge in [-0.3, -0.25) is 4.79 Å². The quantitative estimate of drug-likeness (QED) is 0.676.